The van der Waals surface area contributed by atoms with E-state index < -0.39 is 5.97 Å². The van der Waals surface area contributed by atoms with Gasteiger partial charge in [-0.2, -0.15) is 0 Å². The van der Waals surface area contributed by atoms with Gasteiger partial charge in [0.15, 0.2) is 0 Å². The largest absolute Gasteiger partial charge is 0.462 e. The summed E-state index contributed by atoms with van der Waals surface area (Å²) in [4.78, 5) is 22.4. The molecule has 1 amide bonds. The summed E-state index contributed by atoms with van der Waals surface area (Å²) in [5.74, 6) is -0.802. The van der Waals surface area contributed by atoms with E-state index in [1.807, 2.05) is 0 Å². The second-order valence-corrected chi connectivity index (χ2v) is 4.03. The zero-order valence-electron chi connectivity index (χ0n) is 9.34. The van der Waals surface area contributed by atoms with E-state index >= 15 is 0 Å². The predicted molar refractivity (Wildman–Crippen MR) is 66.7 cm³/mol. The van der Waals surface area contributed by atoms with Crippen molar-refractivity contribution < 1.29 is 14.3 Å². The Kier molecular flexibility index (Phi) is 4.78. The maximum atomic E-state index is 11.5. The summed E-state index contributed by atoms with van der Waals surface area (Å²) in [5.41, 5.74) is 0.532. The van der Waals surface area contributed by atoms with E-state index in [0.29, 0.717) is 0 Å². The van der Waals surface area contributed by atoms with E-state index in [0.717, 1.165) is 0 Å². The first-order valence-corrected chi connectivity index (χ1v) is 5.65. The number of hydrogen-bond donors (Lipinski definition) is 1. The summed E-state index contributed by atoms with van der Waals surface area (Å²) in [6, 6.07) is 2.80. The molecule has 0 heterocycles. The number of hydrogen-bond acceptors (Lipinski definition) is 3. The van der Waals surface area contributed by atoms with Crippen LogP contribution < -0.4 is 5.32 Å². The first-order valence-electron chi connectivity index (χ1n) is 4.89. The molecule has 0 bridgehead atoms. The Balaban J connectivity index is 3.09. The van der Waals surface area contributed by atoms with Gasteiger partial charge in [0.25, 0.3) is 0 Å². The van der Waals surface area contributed by atoms with E-state index in [1.165, 1.54) is 19.1 Å². The summed E-state index contributed by atoms with van der Waals surface area (Å²) >= 11 is 11.8. The second kappa shape index (κ2) is 5.89. The second-order valence-electron chi connectivity index (χ2n) is 3.22. The number of rotatable bonds is 3. The van der Waals surface area contributed by atoms with Crippen LogP contribution in [0.15, 0.2) is 12.1 Å². The minimum Gasteiger partial charge on any atom is -0.462 e. The fourth-order valence-corrected chi connectivity index (χ4v) is 1.78. The van der Waals surface area contributed by atoms with Gasteiger partial charge in [-0.3, -0.25) is 4.79 Å². The maximum Gasteiger partial charge on any atom is 0.338 e. The number of ether oxygens (including phenoxy) is 1. The molecular formula is C11H11Cl2NO3. The van der Waals surface area contributed by atoms with Crippen molar-refractivity contribution in [2.45, 2.75) is 13.8 Å². The zero-order chi connectivity index (χ0) is 13.0. The molecule has 0 aliphatic carbocycles. The number of anilines is 1. The molecule has 0 aliphatic rings. The molecule has 0 atom stereocenters. The Hall–Kier alpha value is -1.26. The van der Waals surface area contributed by atoms with Crippen molar-refractivity contribution in [3.8, 4) is 0 Å². The van der Waals surface area contributed by atoms with Crippen LogP contribution in [-0.4, -0.2) is 18.5 Å². The molecule has 0 fully saturated rings. The molecule has 0 spiro atoms. The van der Waals surface area contributed by atoms with Gasteiger partial charge in [0.1, 0.15) is 0 Å². The van der Waals surface area contributed by atoms with E-state index in [9.17, 15) is 9.59 Å². The highest BCUT2D eigenvalue weighted by atomic mass is 35.5. The third kappa shape index (κ3) is 3.61. The molecule has 0 radical (unpaired) electrons. The third-order valence-corrected chi connectivity index (χ3v) is 2.45. The Morgan fingerprint density at radius 2 is 1.82 bits per heavy atom. The number of halogens is 2. The van der Waals surface area contributed by atoms with E-state index in [1.54, 1.807) is 6.92 Å². The van der Waals surface area contributed by atoms with Crippen LogP contribution in [0.2, 0.25) is 10.0 Å². The molecular weight excluding hydrogens is 265 g/mol. The Morgan fingerprint density at radius 3 is 2.24 bits per heavy atom. The number of amides is 1. The van der Waals surface area contributed by atoms with Crippen molar-refractivity contribution in [3.63, 3.8) is 0 Å². The lowest BCUT2D eigenvalue weighted by Gasteiger charge is -2.09. The van der Waals surface area contributed by atoms with Crippen LogP contribution >= 0.6 is 23.2 Å². The minimum absolute atomic E-state index is 0.191. The highest BCUT2D eigenvalue weighted by Crippen LogP contribution is 2.32. The van der Waals surface area contributed by atoms with Crippen molar-refractivity contribution >= 4 is 40.8 Å². The predicted octanol–water partition coefficient (Wildman–Crippen LogP) is 3.13. The monoisotopic (exact) mass is 275 g/mol. The molecule has 0 unspecified atom stereocenters. The summed E-state index contributed by atoms with van der Waals surface area (Å²) in [7, 11) is 0. The zero-order valence-corrected chi connectivity index (χ0v) is 10.9. The van der Waals surface area contributed by atoms with Crippen molar-refractivity contribution in [3.05, 3.63) is 27.7 Å². The van der Waals surface area contributed by atoms with Crippen molar-refractivity contribution in [2.75, 3.05) is 11.9 Å². The van der Waals surface area contributed by atoms with Crippen molar-refractivity contribution in [2.24, 2.45) is 0 Å². The lowest BCUT2D eigenvalue weighted by atomic mass is 10.2. The molecule has 17 heavy (non-hydrogen) atoms. The highest BCUT2D eigenvalue weighted by Gasteiger charge is 2.14. The lowest BCUT2D eigenvalue weighted by Crippen LogP contribution is -2.09. The summed E-state index contributed by atoms with van der Waals surface area (Å²) in [6.45, 7) is 3.31. The Bertz CT molecular complexity index is 437. The standard InChI is InChI=1S/C11H11Cl2NO3/c1-3-17-11(16)7-4-8(12)10(9(13)5-7)14-6(2)15/h4-5H,3H2,1-2H3,(H,14,15). The van der Waals surface area contributed by atoms with Crippen molar-refractivity contribution in [1.29, 1.82) is 0 Å². The SMILES string of the molecule is CCOC(=O)c1cc(Cl)c(NC(C)=O)c(Cl)c1. The first kappa shape index (κ1) is 13.8. The van der Waals surface area contributed by atoms with E-state index in [-0.39, 0.29) is 33.8 Å². The van der Waals surface area contributed by atoms with Gasteiger partial charge in [-0.25, -0.2) is 4.79 Å². The van der Waals surface area contributed by atoms with Gasteiger partial charge in [0, 0.05) is 6.92 Å². The van der Waals surface area contributed by atoms with E-state index in [4.69, 9.17) is 27.9 Å². The smallest absolute Gasteiger partial charge is 0.338 e. The number of benzene rings is 1. The Morgan fingerprint density at radius 1 is 1.29 bits per heavy atom. The average Bonchev–Trinajstić information content (AvgIpc) is 2.23. The third-order valence-electron chi connectivity index (χ3n) is 1.85. The molecule has 6 heteroatoms. The molecule has 92 valence electrons. The molecule has 0 aliphatic heterocycles. The molecule has 0 saturated heterocycles. The molecule has 0 saturated carbocycles. The number of carbonyl (C=O) groups is 2. The maximum absolute atomic E-state index is 11.5. The molecule has 1 aromatic carbocycles. The summed E-state index contributed by atoms with van der Waals surface area (Å²) in [6.07, 6.45) is 0. The quantitative estimate of drug-likeness (QED) is 0.863. The van der Waals surface area contributed by atoms with Gasteiger partial charge in [-0.05, 0) is 19.1 Å². The van der Waals surface area contributed by atoms with E-state index in [2.05, 4.69) is 5.32 Å². The number of carbonyl (C=O) groups excluding carboxylic acids is 2. The Labute approximate surface area is 109 Å². The lowest BCUT2D eigenvalue weighted by molar-refractivity contribution is -0.114. The molecule has 1 N–H and O–H groups in total. The summed E-state index contributed by atoms with van der Waals surface area (Å²) in [5, 5.41) is 2.87. The highest BCUT2D eigenvalue weighted by molar-refractivity contribution is 6.40. The average molecular weight is 276 g/mol. The van der Waals surface area contributed by atoms with Gasteiger partial charge < -0.3 is 10.1 Å². The fraction of sp³-hybridized carbons (Fsp3) is 0.273. The van der Waals surface area contributed by atoms with Gasteiger partial charge >= 0.3 is 5.97 Å². The first-order chi connectivity index (χ1) is 7.95. The van der Waals surface area contributed by atoms with Gasteiger partial charge in [-0.15, -0.1) is 0 Å². The van der Waals surface area contributed by atoms with Gasteiger partial charge in [0.05, 0.1) is 27.9 Å². The van der Waals surface area contributed by atoms with Crippen LogP contribution in [-0.2, 0) is 9.53 Å². The van der Waals surface area contributed by atoms with Crippen LogP contribution in [0.4, 0.5) is 5.69 Å². The van der Waals surface area contributed by atoms with Crippen molar-refractivity contribution in [1.82, 2.24) is 0 Å². The number of nitrogens with one attached hydrogen (secondary N) is 1. The topological polar surface area (TPSA) is 55.4 Å². The van der Waals surface area contributed by atoms with Crippen LogP contribution in [0, 0.1) is 0 Å². The summed E-state index contributed by atoms with van der Waals surface area (Å²) < 4.78 is 4.82. The minimum atomic E-state index is -0.509. The molecule has 4 nitrogen and oxygen atoms in total. The number of esters is 1. The van der Waals surface area contributed by atoms with Crippen LogP contribution in [0.1, 0.15) is 24.2 Å². The molecule has 1 aromatic rings. The van der Waals surface area contributed by atoms with Gasteiger partial charge in [0.2, 0.25) is 5.91 Å². The van der Waals surface area contributed by atoms with Crippen LogP contribution in [0.25, 0.3) is 0 Å². The molecule has 1 rings (SSSR count). The normalized spacial score (nSPS) is 9.88. The van der Waals surface area contributed by atoms with Crippen LogP contribution in [0.5, 0.6) is 0 Å². The fourth-order valence-electron chi connectivity index (χ4n) is 1.20. The van der Waals surface area contributed by atoms with Crippen LogP contribution in [0.3, 0.4) is 0 Å². The molecule has 0 aromatic heterocycles. The van der Waals surface area contributed by atoms with Gasteiger partial charge in [-0.1, -0.05) is 23.2 Å².